The van der Waals surface area contributed by atoms with Gasteiger partial charge in [0.25, 0.3) is 0 Å². The quantitative estimate of drug-likeness (QED) is 0.0590. The first-order valence-corrected chi connectivity index (χ1v) is 16.2. The Balaban J connectivity index is 1.12. The molecule has 4 rings (SSSR count). The Bertz CT molecular complexity index is 1460. The fourth-order valence-corrected chi connectivity index (χ4v) is 4.15. The summed E-state index contributed by atoms with van der Waals surface area (Å²) in [6, 6.07) is 18.6. The summed E-state index contributed by atoms with van der Waals surface area (Å²) in [6.45, 7) is 6.86. The van der Waals surface area contributed by atoms with Gasteiger partial charge in [-0.15, -0.1) is 0 Å². The summed E-state index contributed by atoms with van der Waals surface area (Å²) in [7, 11) is 0. The van der Waals surface area contributed by atoms with Crippen LogP contribution in [-0.2, 0) is 23.7 Å². The number of unbranched alkanes of at least 4 members (excludes halogenated alkanes) is 2. The van der Waals surface area contributed by atoms with Crippen molar-refractivity contribution < 1.29 is 52.3 Å². The summed E-state index contributed by atoms with van der Waals surface area (Å²) in [6.07, 6.45) is 3.89. The Morgan fingerprint density at radius 2 is 1.10 bits per heavy atom. The van der Waals surface area contributed by atoms with Crippen molar-refractivity contribution in [2.75, 3.05) is 39.6 Å². The summed E-state index contributed by atoms with van der Waals surface area (Å²) >= 11 is 0. The lowest BCUT2D eigenvalue weighted by Crippen LogP contribution is -2.15. The molecule has 0 aliphatic carbocycles. The van der Waals surface area contributed by atoms with E-state index >= 15 is 0 Å². The first-order valence-electron chi connectivity index (χ1n) is 16.2. The van der Waals surface area contributed by atoms with Gasteiger partial charge in [0.2, 0.25) is 0 Å². The van der Waals surface area contributed by atoms with Crippen molar-refractivity contribution in [2.45, 2.75) is 52.1 Å². The number of ether oxygens (including phenoxy) is 7. The highest BCUT2D eigenvalue weighted by Gasteiger charge is 2.22. The van der Waals surface area contributed by atoms with Crippen LogP contribution in [0.1, 0.15) is 77.0 Å². The average molecular weight is 663 g/mol. The average Bonchev–Trinajstić information content (AvgIpc) is 3.94. The van der Waals surface area contributed by atoms with Crippen molar-refractivity contribution >= 4 is 23.9 Å². The molecule has 256 valence electrons. The van der Waals surface area contributed by atoms with Crippen molar-refractivity contribution in [1.29, 1.82) is 0 Å². The fraction of sp³-hybridized carbons (Fsp3) is 0.405. The maximum Gasteiger partial charge on any atom is 0.343 e. The molecule has 1 aliphatic heterocycles. The minimum atomic E-state index is -0.610. The molecule has 11 heteroatoms. The second-order valence-corrected chi connectivity index (χ2v) is 11.3. The van der Waals surface area contributed by atoms with E-state index in [2.05, 4.69) is 0 Å². The lowest BCUT2D eigenvalue weighted by atomic mass is 10.1. The van der Waals surface area contributed by atoms with Crippen LogP contribution in [0.25, 0.3) is 0 Å². The Hall–Kier alpha value is -4.74. The predicted octanol–water partition coefficient (Wildman–Crippen LogP) is 6.23. The van der Waals surface area contributed by atoms with E-state index in [9.17, 15) is 19.2 Å². The van der Waals surface area contributed by atoms with Crippen molar-refractivity contribution in [1.82, 2.24) is 0 Å². The topological polar surface area (TPSA) is 136 Å². The van der Waals surface area contributed by atoms with Crippen LogP contribution in [0, 0.1) is 5.92 Å². The lowest BCUT2D eigenvalue weighted by Gasteiger charge is -2.10. The third-order valence-corrected chi connectivity index (χ3v) is 7.38. The van der Waals surface area contributed by atoms with E-state index in [-0.39, 0.29) is 41.7 Å². The molecule has 2 unspecified atom stereocenters. The van der Waals surface area contributed by atoms with E-state index in [1.165, 1.54) is 48.5 Å². The monoisotopic (exact) mass is 662 g/mol. The third-order valence-electron chi connectivity index (χ3n) is 7.38. The molecular weight excluding hydrogens is 620 g/mol. The standard InChI is InChI=1S/C37H42O11/c1-3-26(2)34(38)44-22-7-6-21-43-30-14-8-28(9-15-30)36(40)48-32-18-12-29(13-19-32)37(41)47-31-16-10-27(11-17-31)35(39)45-23-5-4-20-42-24-33-25-46-33/h8-19,26,33H,3-7,20-25H2,1-2H3. The number of carbonyl (C=O) groups is 4. The Kier molecular flexibility index (Phi) is 14.4. The van der Waals surface area contributed by atoms with Crippen LogP contribution in [0.15, 0.2) is 72.8 Å². The maximum absolute atomic E-state index is 12.6. The highest BCUT2D eigenvalue weighted by molar-refractivity contribution is 5.93. The van der Waals surface area contributed by atoms with Crippen molar-refractivity contribution in [3.63, 3.8) is 0 Å². The van der Waals surface area contributed by atoms with Gasteiger partial charge in [0.15, 0.2) is 0 Å². The van der Waals surface area contributed by atoms with Gasteiger partial charge in [-0.1, -0.05) is 13.8 Å². The number of rotatable bonds is 20. The molecule has 1 fully saturated rings. The first-order chi connectivity index (χ1) is 23.3. The highest BCUT2D eigenvalue weighted by Crippen LogP contribution is 2.20. The molecule has 0 N–H and O–H groups in total. The zero-order valence-corrected chi connectivity index (χ0v) is 27.4. The molecule has 11 nitrogen and oxygen atoms in total. The number of benzene rings is 3. The molecule has 0 bridgehead atoms. The van der Waals surface area contributed by atoms with Crippen LogP contribution >= 0.6 is 0 Å². The van der Waals surface area contributed by atoms with Crippen LogP contribution in [0.5, 0.6) is 17.2 Å². The molecule has 1 heterocycles. The zero-order valence-electron chi connectivity index (χ0n) is 27.4. The van der Waals surface area contributed by atoms with E-state index < -0.39 is 17.9 Å². The number of hydrogen-bond donors (Lipinski definition) is 0. The first kappa shape index (κ1) is 36.1. The van der Waals surface area contributed by atoms with Gasteiger partial charge in [0.1, 0.15) is 23.4 Å². The van der Waals surface area contributed by atoms with Gasteiger partial charge in [-0.2, -0.15) is 0 Å². The highest BCUT2D eigenvalue weighted by atomic mass is 16.6. The molecule has 48 heavy (non-hydrogen) atoms. The van der Waals surface area contributed by atoms with Gasteiger partial charge in [0.05, 0.1) is 55.6 Å². The van der Waals surface area contributed by atoms with E-state index in [4.69, 9.17) is 33.2 Å². The largest absolute Gasteiger partial charge is 0.494 e. The number of epoxide rings is 1. The molecule has 2 atom stereocenters. The number of carbonyl (C=O) groups excluding carboxylic acids is 4. The van der Waals surface area contributed by atoms with Gasteiger partial charge in [0, 0.05) is 6.61 Å². The summed E-state index contributed by atoms with van der Waals surface area (Å²) in [5.74, 6) is -0.774. The lowest BCUT2D eigenvalue weighted by molar-refractivity contribution is -0.148. The van der Waals surface area contributed by atoms with Gasteiger partial charge >= 0.3 is 23.9 Å². The smallest absolute Gasteiger partial charge is 0.343 e. The SMILES string of the molecule is CCC(C)C(=O)OCCCCOc1ccc(C(=O)Oc2ccc(C(=O)Oc3ccc(C(=O)OCCCCOCC4CO4)cc3)cc2)cc1. The van der Waals surface area contributed by atoms with Crippen LogP contribution in [0.3, 0.4) is 0 Å². The van der Waals surface area contributed by atoms with Crippen LogP contribution in [0.4, 0.5) is 0 Å². The zero-order chi connectivity index (χ0) is 34.1. The van der Waals surface area contributed by atoms with Crippen LogP contribution in [-0.4, -0.2) is 69.6 Å². The molecule has 0 saturated carbocycles. The maximum atomic E-state index is 12.6. The molecule has 1 aliphatic rings. The van der Waals surface area contributed by atoms with E-state index in [1.807, 2.05) is 13.8 Å². The van der Waals surface area contributed by atoms with Gasteiger partial charge in [-0.3, -0.25) is 4.79 Å². The molecule has 1 saturated heterocycles. The van der Waals surface area contributed by atoms with Crippen molar-refractivity contribution in [3.8, 4) is 17.2 Å². The molecule has 0 spiro atoms. The molecule has 0 amide bonds. The fourth-order valence-electron chi connectivity index (χ4n) is 4.15. The minimum Gasteiger partial charge on any atom is -0.494 e. The molecule has 0 aromatic heterocycles. The summed E-state index contributed by atoms with van der Waals surface area (Å²) in [4.78, 5) is 49.2. The number of esters is 4. The predicted molar refractivity (Wildman–Crippen MR) is 174 cm³/mol. The van der Waals surface area contributed by atoms with E-state index in [0.717, 1.165) is 25.9 Å². The van der Waals surface area contributed by atoms with Gasteiger partial charge in [-0.05, 0) is 105 Å². The third kappa shape index (κ3) is 12.5. The second kappa shape index (κ2) is 19.2. The van der Waals surface area contributed by atoms with E-state index in [1.54, 1.807) is 24.3 Å². The molecule has 0 radical (unpaired) electrons. The number of hydrogen-bond acceptors (Lipinski definition) is 11. The molecule has 3 aromatic carbocycles. The van der Waals surface area contributed by atoms with E-state index in [0.29, 0.717) is 56.1 Å². The molecular formula is C37H42O11. The Morgan fingerprint density at radius 1 is 0.646 bits per heavy atom. The van der Waals surface area contributed by atoms with Gasteiger partial charge in [-0.25, -0.2) is 14.4 Å². The minimum absolute atomic E-state index is 0.0913. The Morgan fingerprint density at radius 3 is 1.62 bits per heavy atom. The Labute approximate surface area is 280 Å². The van der Waals surface area contributed by atoms with Crippen LogP contribution in [0.2, 0.25) is 0 Å². The normalized spacial score (nSPS) is 14.0. The van der Waals surface area contributed by atoms with Crippen LogP contribution < -0.4 is 14.2 Å². The summed E-state index contributed by atoms with van der Waals surface area (Å²) in [5, 5.41) is 0. The summed E-state index contributed by atoms with van der Waals surface area (Å²) in [5.41, 5.74) is 0.931. The van der Waals surface area contributed by atoms with Crippen molar-refractivity contribution in [3.05, 3.63) is 89.5 Å². The molecule has 3 aromatic rings. The van der Waals surface area contributed by atoms with Gasteiger partial charge < -0.3 is 33.2 Å². The summed E-state index contributed by atoms with van der Waals surface area (Å²) < 4.78 is 37.6. The second-order valence-electron chi connectivity index (χ2n) is 11.3. The van der Waals surface area contributed by atoms with Crippen molar-refractivity contribution in [2.24, 2.45) is 5.92 Å².